The van der Waals surface area contributed by atoms with Gasteiger partial charge in [-0.3, -0.25) is 0 Å². The van der Waals surface area contributed by atoms with Crippen LogP contribution in [0.4, 0.5) is 5.82 Å². The SMILES string of the molecule is N#Cc1cc(-c2ccccc2)cnc1NCCCCN1CCCC1. The molecule has 0 radical (unpaired) electrons. The summed E-state index contributed by atoms with van der Waals surface area (Å²) < 4.78 is 0. The summed E-state index contributed by atoms with van der Waals surface area (Å²) in [6.45, 7) is 4.57. The highest BCUT2D eigenvalue weighted by molar-refractivity contribution is 5.67. The van der Waals surface area contributed by atoms with E-state index < -0.39 is 0 Å². The molecule has 0 bridgehead atoms. The van der Waals surface area contributed by atoms with Crippen LogP contribution in [0.5, 0.6) is 0 Å². The lowest BCUT2D eigenvalue weighted by atomic mass is 10.1. The highest BCUT2D eigenvalue weighted by Gasteiger charge is 2.10. The number of nitriles is 1. The Labute approximate surface area is 144 Å². The Kier molecular flexibility index (Phi) is 5.81. The smallest absolute Gasteiger partial charge is 0.143 e. The van der Waals surface area contributed by atoms with Gasteiger partial charge in [-0.1, -0.05) is 30.3 Å². The standard InChI is InChI=1S/C20H24N4/c21-15-18-14-19(17-8-2-1-3-9-17)16-23-20(18)22-10-4-5-11-24-12-6-7-13-24/h1-3,8-9,14,16H,4-7,10-13H2,(H,22,23). The molecule has 1 aliphatic heterocycles. The van der Waals surface area contributed by atoms with Crippen LogP contribution >= 0.6 is 0 Å². The Balaban J connectivity index is 1.53. The van der Waals surface area contributed by atoms with E-state index in [1.165, 1.54) is 38.9 Å². The maximum Gasteiger partial charge on any atom is 0.143 e. The minimum atomic E-state index is 0.607. The van der Waals surface area contributed by atoms with Crippen molar-refractivity contribution in [2.75, 3.05) is 31.5 Å². The maximum absolute atomic E-state index is 9.40. The van der Waals surface area contributed by atoms with Crippen LogP contribution in [-0.4, -0.2) is 36.1 Å². The van der Waals surface area contributed by atoms with Gasteiger partial charge in [-0.05, 0) is 56.9 Å². The van der Waals surface area contributed by atoms with Crippen molar-refractivity contribution < 1.29 is 0 Å². The molecule has 1 N–H and O–H groups in total. The Hall–Kier alpha value is -2.38. The van der Waals surface area contributed by atoms with Gasteiger partial charge in [-0.2, -0.15) is 5.26 Å². The van der Waals surface area contributed by atoms with Gasteiger partial charge in [-0.15, -0.1) is 0 Å². The molecule has 0 aliphatic carbocycles. The molecule has 1 aliphatic rings. The number of pyridine rings is 1. The normalized spacial score (nSPS) is 14.5. The molecule has 1 saturated heterocycles. The average Bonchev–Trinajstić information content (AvgIpc) is 3.16. The Morgan fingerprint density at radius 3 is 2.62 bits per heavy atom. The molecule has 1 aromatic carbocycles. The van der Waals surface area contributed by atoms with Gasteiger partial charge in [0.05, 0.1) is 5.56 Å². The minimum absolute atomic E-state index is 0.607. The highest BCUT2D eigenvalue weighted by atomic mass is 15.1. The van der Waals surface area contributed by atoms with Gasteiger partial charge < -0.3 is 10.2 Å². The van der Waals surface area contributed by atoms with E-state index in [2.05, 4.69) is 21.3 Å². The molecule has 2 heterocycles. The Morgan fingerprint density at radius 2 is 1.88 bits per heavy atom. The molecule has 4 heteroatoms. The number of benzene rings is 1. The molecule has 124 valence electrons. The minimum Gasteiger partial charge on any atom is -0.369 e. The molecule has 0 saturated carbocycles. The molecule has 0 unspecified atom stereocenters. The lowest BCUT2D eigenvalue weighted by Crippen LogP contribution is -2.21. The summed E-state index contributed by atoms with van der Waals surface area (Å²) in [6.07, 6.45) is 6.83. The van der Waals surface area contributed by atoms with Gasteiger partial charge in [0.25, 0.3) is 0 Å². The van der Waals surface area contributed by atoms with E-state index in [1.807, 2.05) is 42.6 Å². The first-order valence-corrected chi connectivity index (χ1v) is 8.78. The predicted octanol–water partition coefficient (Wildman–Crippen LogP) is 3.91. The van der Waals surface area contributed by atoms with Crippen LogP contribution < -0.4 is 5.32 Å². The average molecular weight is 320 g/mol. The Morgan fingerprint density at radius 1 is 1.08 bits per heavy atom. The molecule has 0 amide bonds. The summed E-state index contributed by atoms with van der Waals surface area (Å²) in [5.74, 6) is 0.693. The van der Waals surface area contributed by atoms with Gasteiger partial charge in [0.15, 0.2) is 0 Å². The third-order valence-electron chi connectivity index (χ3n) is 4.51. The first-order chi connectivity index (χ1) is 11.9. The zero-order valence-electron chi connectivity index (χ0n) is 14.0. The van der Waals surface area contributed by atoms with Crippen molar-refractivity contribution in [2.24, 2.45) is 0 Å². The van der Waals surface area contributed by atoms with Gasteiger partial charge in [0.1, 0.15) is 11.9 Å². The number of aromatic nitrogens is 1. The molecule has 0 spiro atoms. The van der Waals surface area contributed by atoms with E-state index in [4.69, 9.17) is 0 Å². The third kappa shape index (κ3) is 4.33. The molecule has 24 heavy (non-hydrogen) atoms. The van der Waals surface area contributed by atoms with Crippen molar-refractivity contribution in [3.05, 3.63) is 48.2 Å². The second-order valence-electron chi connectivity index (χ2n) is 6.28. The lowest BCUT2D eigenvalue weighted by molar-refractivity contribution is 0.331. The zero-order chi connectivity index (χ0) is 16.6. The number of rotatable bonds is 7. The number of likely N-dealkylation sites (tertiary alicyclic amines) is 1. The molecule has 1 aromatic heterocycles. The topological polar surface area (TPSA) is 52.0 Å². The Bertz CT molecular complexity index is 685. The molecule has 3 rings (SSSR count). The van der Waals surface area contributed by atoms with E-state index in [9.17, 15) is 5.26 Å². The first kappa shape index (κ1) is 16.5. The van der Waals surface area contributed by atoms with Crippen molar-refractivity contribution in [1.82, 2.24) is 9.88 Å². The van der Waals surface area contributed by atoms with Crippen LogP contribution in [0, 0.1) is 11.3 Å². The van der Waals surface area contributed by atoms with Crippen LogP contribution in [0.15, 0.2) is 42.6 Å². The number of nitrogens with one attached hydrogen (secondary N) is 1. The van der Waals surface area contributed by atoms with E-state index >= 15 is 0 Å². The number of unbranched alkanes of at least 4 members (excludes halogenated alkanes) is 1. The summed E-state index contributed by atoms with van der Waals surface area (Å²) in [5, 5.41) is 12.7. The van der Waals surface area contributed by atoms with E-state index in [0.29, 0.717) is 11.4 Å². The van der Waals surface area contributed by atoms with E-state index in [-0.39, 0.29) is 0 Å². The predicted molar refractivity (Wildman–Crippen MR) is 97.8 cm³/mol. The van der Waals surface area contributed by atoms with Crippen LogP contribution in [0.3, 0.4) is 0 Å². The molecule has 2 aromatic rings. The van der Waals surface area contributed by atoms with Crippen molar-refractivity contribution in [3.63, 3.8) is 0 Å². The zero-order valence-corrected chi connectivity index (χ0v) is 14.0. The molecular formula is C20H24N4. The van der Waals surface area contributed by atoms with Crippen LogP contribution in [0.2, 0.25) is 0 Å². The fourth-order valence-corrected chi connectivity index (χ4v) is 3.15. The number of nitrogens with zero attached hydrogens (tertiary/aromatic N) is 3. The molecular weight excluding hydrogens is 296 g/mol. The van der Waals surface area contributed by atoms with Gasteiger partial charge in [-0.25, -0.2) is 4.98 Å². The molecule has 4 nitrogen and oxygen atoms in total. The fraction of sp³-hybridized carbons (Fsp3) is 0.400. The summed E-state index contributed by atoms with van der Waals surface area (Å²) in [6, 6.07) is 14.2. The number of anilines is 1. The highest BCUT2D eigenvalue weighted by Crippen LogP contribution is 2.22. The fourth-order valence-electron chi connectivity index (χ4n) is 3.15. The monoisotopic (exact) mass is 320 g/mol. The lowest BCUT2D eigenvalue weighted by Gasteiger charge is -2.14. The van der Waals surface area contributed by atoms with Crippen molar-refractivity contribution in [2.45, 2.75) is 25.7 Å². The maximum atomic E-state index is 9.40. The van der Waals surface area contributed by atoms with Crippen molar-refractivity contribution in [3.8, 4) is 17.2 Å². The first-order valence-electron chi connectivity index (χ1n) is 8.78. The second-order valence-corrected chi connectivity index (χ2v) is 6.28. The van der Waals surface area contributed by atoms with Gasteiger partial charge in [0.2, 0.25) is 0 Å². The van der Waals surface area contributed by atoms with Crippen LogP contribution in [-0.2, 0) is 0 Å². The summed E-state index contributed by atoms with van der Waals surface area (Å²) in [5.41, 5.74) is 2.67. The molecule has 0 atom stereocenters. The largest absolute Gasteiger partial charge is 0.369 e. The van der Waals surface area contributed by atoms with Crippen LogP contribution in [0.25, 0.3) is 11.1 Å². The van der Waals surface area contributed by atoms with Gasteiger partial charge in [0, 0.05) is 18.3 Å². The number of hydrogen-bond acceptors (Lipinski definition) is 4. The van der Waals surface area contributed by atoms with Crippen molar-refractivity contribution in [1.29, 1.82) is 5.26 Å². The quantitative estimate of drug-likeness (QED) is 0.786. The van der Waals surface area contributed by atoms with E-state index in [0.717, 1.165) is 24.1 Å². The summed E-state index contributed by atoms with van der Waals surface area (Å²) >= 11 is 0. The van der Waals surface area contributed by atoms with E-state index in [1.54, 1.807) is 0 Å². The molecule has 1 fully saturated rings. The summed E-state index contributed by atoms with van der Waals surface area (Å²) in [4.78, 5) is 6.99. The second kappa shape index (κ2) is 8.47. The number of hydrogen-bond donors (Lipinski definition) is 1. The van der Waals surface area contributed by atoms with Gasteiger partial charge >= 0.3 is 0 Å². The van der Waals surface area contributed by atoms with Crippen LogP contribution in [0.1, 0.15) is 31.2 Å². The third-order valence-corrected chi connectivity index (χ3v) is 4.51. The van der Waals surface area contributed by atoms with Crippen molar-refractivity contribution >= 4 is 5.82 Å². The summed E-state index contributed by atoms with van der Waals surface area (Å²) in [7, 11) is 0.